The van der Waals surface area contributed by atoms with Crippen LogP contribution < -0.4 is 10.5 Å². The molecule has 0 aliphatic rings. The van der Waals surface area contributed by atoms with Crippen molar-refractivity contribution in [3.05, 3.63) is 58.7 Å². The van der Waals surface area contributed by atoms with Gasteiger partial charge in [0.05, 0.1) is 12.7 Å². The van der Waals surface area contributed by atoms with Gasteiger partial charge < -0.3 is 10.5 Å². The minimum absolute atomic E-state index is 0.0326. The number of nitrogen functional groups attached to an aromatic ring is 1. The zero-order chi connectivity index (χ0) is 15.4. The molecular formula is C17H20N2OS. The van der Waals surface area contributed by atoms with Gasteiger partial charge in [0, 0.05) is 10.6 Å². The molecule has 0 aliphatic carbocycles. The average molecular weight is 300 g/mol. The maximum absolute atomic E-state index is 7.62. The molecule has 3 nitrogen and oxygen atoms in total. The van der Waals surface area contributed by atoms with Gasteiger partial charge >= 0.3 is 0 Å². The number of aryl methyl sites for hydroxylation is 2. The molecule has 0 spiro atoms. The molecular weight excluding hydrogens is 280 g/mol. The average Bonchev–Trinajstić information content (AvgIpc) is 2.46. The van der Waals surface area contributed by atoms with E-state index in [0.717, 1.165) is 11.3 Å². The molecule has 2 rings (SSSR count). The van der Waals surface area contributed by atoms with E-state index in [1.807, 2.05) is 18.2 Å². The summed E-state index contributed by atoms with van der Waals surface area (Å²) in [4.78, 5) is 1.28. The second kappa shape index (κ2) is 6.68. The molecule has 2 aromatic carbocycles. The van der Waals surface area contributed by atoms with Crippen LogP contribution in [0.25, 0.3) is 0 Å². The Morgan fingerprint density at radius 1 is 1.19 bits per heavy atom. The maximum Gasteiger partial charge on any atom is 0.129 e. The normalized spacial score (nSPS) is 10.4. The predicted octanol–water partition coefficient (Wildman–Crippen LogP) is 3.89. The van der Waals surface area contributed by atoms with Gasteiger partial charge in [-0.2, -0.15) is 0 Å². The zero-order valence-electron chi connectivity index (χ0n) is 12.6. The second-order valence-corrected chi connectivity index (χ2v) is 6.02. The molecule has 0 radical (unpaired) electrons. The Morgan fingerprint density at radius 2 is 1.95 bits per heavy atom. The largest absolute Gasteiger partial charge is 0.496 e. The van der Waals surface area contributed by atoms with Crippen LogP contribution in [-0.2, 0) is 5.75 Å². The summed E-state index contributed by atoms with van der Waals surface area (Å²) >= 11 is 1.79. The topological polar surface area (TPSA) is 59.1 Å². The Kier molecular flexibility index (Phi) is 4.91. The van der Waals surface area contributed by atoms with E-state index >= 15 is 0 Å². The molecule has 3 N–H and O–H groups in total. The van der Waals surface area contributed by atoms with E-state index in [4.69, 9.17) is 15.9 Å². The summed E-state index contributed by atoms with van der Waals surface area (Å²) in [6.07, 6.45) is 0. The summed E-state index contributed by atoms with van der Waals surface area (Å²) in [5, 5.41) is 7.62. The summed E-state index contributed by atoms with van der Waals surface area (Å²) < 4.78 is 5.23. The van der Waals surface area contributed by atoms with Crippen LogP contribution in [0.2, 0.25) is 0 Å². The second-order valence-electron chi connectivity index (χ2n) is 5.01. The Hall–Kier alpha value is -1.94. The van der Waals surface area contributed by atoms with E-state index in [9.17, 15) is 0 Å². The van der Waals surface area contributed by atoms with E-state index in [1.165, 1.54) is 16.0 Å². The molecule has 0 amide bonds. The highest BCUT2D eigenvalue weighted by molar-refractivity contribution is 7.98. The van der Waals surface area contributed by atoms with Gasteiger partial charge in [0.2, 0.25) is 0 Å². The van der Waals surface area contributed by atoms with Gasteiger partial charge in [0.1, 0.15) is 11.6 Å². The molecule has 0 saturated heterocycles. The van der Waals surface area contributed by atoms with E-state index < -0.39 is 0 Å². The predicted molar refractivity (Wildman–Crippen MR) is 89.5 cm³/mol. The van der Waals surface area contributed by atoms with Crippen molar-refractivity contribution in [2.75, 3.05) is 7.11 Å². The fraction of sp³-hybridized carbons (Fsp3) is 0.235. The number of hydrogen-bond acceptors (Lipinski definition) is 3. The number of benzene rings is 2. The van der Waals surface area contributed by atoms with Crippen molar-refractivity contribution in [1.82, 2.24) is 0 Å². The molecule has 2 aromatic rings. The third-order valence-corrected chi connectivity index (χ3v) is 4.53. The first-order valence-corrected chi connectivity index (χ1v) is 7.71. The molecule has 4 heteroatoms. The molecule has 0 heterocycles. The van der Waals surface area contributed by atoms with E-state index in [-0.39, 0.29) is 5.84 Å². The summed E-state index contributed by atoms with van der Waals surface area (Å²) in [5.74, 6) is 1.52. The Bertz CT molecular complexity index is 668. The summed E-state index contributed by atoms with van der Waals surface area (Å²) in [5.41, 5.74) is 9.95. The van der Waals surface area contributed by atoms with Gasteiger partial charge in [-0.05, 0) is 43.2 Å². The molecule has 0 bridgehead atoms. The lowest BCUT2D eigenvalue weighted by Gasteiger charge is -2.10. The van der Waals surface area contributed by atoms with Crippen LogP contribution in [0.3, 0.4) is 0 Å². The SMILES string of the molecule is COc1ccc(CSc2ccc(C)cc2C)cc1C(=N)N. The van der Waals surface area contributed by atoms with Crippen molar-refractivity contribution in [3.63, 3.8) is 0 Å². The summed E-state index contributed by atoms with van der Waals surface area (Å²) in [6.45, 7) is 4.23. The first-order valence-electron chi connectivity index (χ1n) is 6.72. The minimum Gasteiger partial charge on any atom is -0.496 e. The molecule has 110 valence electrons. The van der Waals surface area contributed by atoms with Crippen molar-refractivity contribution >= 4 is 17.6 Å². The first kappa shape index (κ1) is 15.4. The van der Waals surface area contributed by atoms with Gasteiger partial charge in [-0.3, -0.25) is 5.41 Å². The highest BCUT2D eigenvalue weighted by Gasteiger charge is 2.08. The summed E-state index contributed by atoms with van der Waals surface area (Å²) in [6, 6.07) is 12.3. The molecule has 0 atom stereocenters. The van der Waals surface area contributed by atoms with Gasteiger partial charge in [0.25, 0.3) is 0 Å². The number of methoxy groups -OCH3 is 1. The number of amidine groups is 1. The highest BCUT2D eigenvalue weighted by Crippen LogP contribution is 2.28. The van der Waals surface area contributed by atoms with Crippen molar-refractivity contribution in [2.24, 2.45) is 5.73 Å². The lowest BCUT2D eigenvalue weighted by atomic mass is 10.1. The molecule has 0 aliphatic heterocycles. The van der Waals surface area contributed by atoms with Crippen molar-refractivity contribution in [1.29, 1.82) is 5.41 Å². The Labute approximate surface area is 130 Å². The highest BCUT2D eigenvalue weighted by atomic mass is 32.2. The molecule has 0 unspecified atom stereocenters. The van der Waals surface area contributed by atoms with Crippen molar-refractivity contribution < 1.29 is 4.74 Å². The molecule has 0 fully saturated rings. The number of rotatable bonds is 5. The Balaban J connectivity index is 2.16. The van der Waals surface area contributed by atoms with E-state index in [2.05, 4.69) is 32.0 Å². The van der Waals surface area contributed by atoms with Crippen molar-refractivity contribution in [2.45, 2.75) is 24.5 Å². The van der Waals surface area contributed by atoms with Crippen LogP contribution in [0.5, 0.6) is 5.75 Å². The maximum atomic E-state index is 7.62. The monoisotopic (exact) mass is 300 g/mol. The minimum atomic E-state index is 0.0326. The number of nitrogens with one attached hydrogen (secondary N) is 1. The molecule has 21 heavy (non-hydrogen) atoms. The van der Waals surface area contributed by atoms with Crippen LogP contribution in [0, 0.1) is 19.3 Å². The van der Waals surface area contributed by atoms with E-state index in [1.54, 1.807) is 18.9 Å². The van der Waals surface area contributed by atoms with Crippen molar-refractivity contribution in [3.8, 4) is 5.75 Å². The van der Waals surface area contributed by atoms with Crippen LogP contribution in [0.15, 0.2) is 41.3 Å². The van der Waals surface area contributed by atoms with Crippen LogP contribution in [0.4, 0.5) is 0 Å². The van der Waals surface area contributed by atoms with Gasteiger partial charge in [-0.15, -0.1) is 11.8 Å². The summed E-state index contributed by atoms with van der Waals surface area (Å²) in [7, 11) is 1.59. The zero-order valence-corrected chi connectivity index (χ0v) is 13.4. The Morgan fingerprint density at radius 3 is 2.57 bits per heavy atom. The lowest BCUT2D eigenvalue weighted by Crippen LogP contribution is -2.12. The fourth-order valence-electron chi connectivity index (χ4n) is 2.18. The van der Waals surface area contributed by atoms with Crippen LogP contribution >= 0.6 is 11.8 Å². The van der Waals surface area contributed by atoms with E-state index in [0.29, 0.717) is 11.3 Å². The number of hydrogen-bond donors (Lipinski definition) is 2. The van der Waals surface area contributed by atoms with Crippen LogP contribution in [0.1, 0.15) is 22.3 Å². The number of ether oxygens (including phenoxy) is 1. The van der Waals surface area contributed by atoms with Gasteiger partial charge in [0.15, 0.2) is 0 Å². The van der Waals surface area contributed by atoms with Crippen LogP contribution in [-0.4, -0.2) is 12.9 Å². The lowest BCUT2D eigenvalue weighted by molar-refractivity contribution is 0.413. The fourth-order valence-corrected chi connectivity index (χ4v) is 3.13. The molecule has 0 saturated carbocycles. The third-order valence-electron chi connectivity index (χ3n) is 3.28. The smallest absolute Gasteiger partial charge is 0.129 e. The number of nitrogens with two attached hydrogens (primary N) is 1. The first-order chi connectivity index (χ1) is 10.0. The van der Waals surface area contributed by atoms with Gasteiger partial charge in [-0.1, -0.05) is 23.8 Å². The standard InChI is InChI=1S/C17H20N2OS/c1-11-4-7-16(12(2)8-11)21-10-13-5-6-15(20-3)14(9-13)17(18)19/h4-9H,10H2,1-3H3,(H3,18,19). The number of thioether (sulfide) groups is 1. The van der Waals surface area contributed by atoms with Gasteiger partial charge in [-0.25, -0.2) is 0 Å². The quantitative estimate of drug-likeness (QED) is 0.500. The third kappa shape index (κ3) is 3.79. The molecule has 0 aromatic heterocycles.